The van der Waals surface area contributed by atoms with E-state index >= 15 is 4.39 Å². The van der Waals surface area contributed by atoms with Crippen LogP contribution in [-0.2, 0) is 16.1 Å². The third kappa shape index (κ3) is 7.50. The molecule has 0 bridgehead atoms. The van der Waals surface area contributed by atoms with E-state index in [0.717, 1.165) is 5.56 Å². The normalized spacial score (nSPS) is 19.0. The van der Waals surface area contributed by atoms with Crippen molar-refractivity contribution in [3.63, 3.8) is 0 Å². The van der Waals surface area contributed by atoms with Crippen LogP contribution in [0.1, 0.15) is 57.7 Å². The number of piperidine rings is 2. The SMILES string of the molecule is CC(C)(C)OC(=O)Nc1cc(CN2CCC(F)(C(=O)N3CCC(/C(=N\O)c4ccccn4)CC3)CC2)ccn1. The lowest BCUT2D eigenvalue weighted by atomic mass is 9.87. The second-order valence-electron chi connectivity index (χ2n) is 11.2. The molecule has 0 atom stereocenters. The van der Waals surface area contributed by atoms with E-state index in [4.69, 9.17) is 4.74 Å². The molecule has 2 aromatic heterocycles. The van der Waals surface area contributed by atoms with Gasteiger partial charge in [-0.1, -0.05) is 11.2 Å². The van der Waals surface area contributed by atoms with E-state index in [9.17, 15) is 14.8 Å². The van der Waals surface area contributed by atoms with Gasteiger partial charge in [0.1, 0.15) is 17.1 Å². The number of oxime groups is 1. The summed E-state index contributed by atoms with van der Waals surface area (Å²) in [4.78, 5) is 37.4. The second kappa shape index (κ2) is 12.1. The van der Waals surface area contributed by atoms with Gasteiger partial charge in [-0.25, -0.2) is 14.2 Å². The molecule has 0 unspecified atom stereocenters. The van der Waals surface area contributed by atoms with Gasteiger partial charge in [-0.05, 0) is 63.4 Å². The maximum Gasteiger partial charge on any atom is 0.413 e. The molecule has 2 aliphatic rings. The Hall–Kier alpha value is -3.60. The van der Waals surface area contributed by atoms with E-state index < -0.39 is 23.3 Å². The van der Waals surface area contributed by atoms with Gasteiger partial charge in [-0.3, -0.25) is 20.0 Å². The highest BCUT2D eigenvalue weighted by atomic mass is 19.1. The van der Waals surface area contributed by atoms with E-state index in [1.165, 1.54) is 0 Å². The van der Waals surface area contributed by atoms with Gasteiger partial charge in [0, 0.05) is 63.9 Å². The summed E-state index contributed by atoms with van der Waals surface area (Å²) in [5.41, 5.74) is -0.463. The fourth-order valence-electron chi connectivity index (χ4n) is 5.08. The number of alkyl halides is 1. The topological polar surface area (TPSA) is 120 Å². The lowest BCUT2D eigenvalue weighted by Crippen LogP contribution is -2.54. The molecule has 0 saturated carbocycles. The first-order chi connectivity index (χ1) is 18.6. The average Bonchev–Trinajstić information content (AvgIpc) is 2.90. The van der Waals surface area contributed by atoms with E-state index in [0.29, 0.717) is 62.8 Å². The van der Waals surface area contributed by atoms with Crippen LogP contribution >= 0.6 is 0 Å². The number of hydrogen-bond donors (Lipinski definition) is 2. The van der Waals surface area contributed by atoms with E-state index in [1.54, 1.807) is 56.3 Å². The van der Waals surface area contributed by atoms with E-state index in [-0.39, 0.29) is 18.8 Å². The van der Waals surface area contributed by atoms with Gasteiger partial charge in [-0.15, -0.1) is 0 Å². The number of carbonyl (C=O) groups is 2. The van der Waals surface area contributed by atoms with Crippen molar-refractivity contribution in [2.24, 2.45) is 11.1 Å². The smallest absolute Gasteiger partial charge is 0.413 e. The maximum absolute atomic E-state index is 15.8. The number of rotatable bonds is 6. The number of pyridine rings is 2. The first kappa shape index (κ1) is 28.4. The number of hydrogen-bond acceptors (Lipinski definition) is 8. The molecule has 210 valence electrons. The summed E-state index contributed by atoms with van der Waals surface area (Å²) in [5, 5.41) is 15.7. The number of nitrogens with one attached hydrogen (secondary N) is 1. The molecule has 0 aromatic carbocycles. The standard InChI is InChI=1S/C28H37FN6O4/c1-27(2,3)39-26(37)32-23-18-20(7-13-31-23)19-34-16-10-28(29,11-17-34)25(36)35-14-8-21(9-15-35)24(33-38)22-6-4-5-12-30-22/h4-7,12-13,18,21,38H,8-11,14-17,19H2,1-3H3,(H,31,32,37)/b33-24+. The van der Waals surface area contributed by atoms with Gasteiger partial charge in [0.15, 0.2) is 5.67 Å². The Morgan fingerprint density at radius 1 is 1.13 bits per heavy atom. The Kier molecular flexibility index (Phi) is 8.79. The minimum Gasteiger partial charge on any atom is -0.444 e. The van der Waals surface area contributed by atoms with Crippen molar-refractivity contribution in [2.45, 2.75) is 64.3 Å². The zero-order valence-corrected chi connectivity index (χ0v) is 22.8. The molecule has 2 N–H and O–H groups in total. The van der Waals surface area contributed by atoms with Gasteiger partial charge in [0.05, 0.1) is 5.69 Å². The van der Waals surface area contributed by atoms with Crippen molar-refractivity contribution in [1.29, 1.82) is 0 Å². The van der Waals surface area contributed by atoms with Crippen LogP contribution in [0.5, 0.6) is 0 Å². The maximum atomic E-state index is 15.8. The number of aromatic nitrogens is 2. The van der Waals surface area contributed by atoms with Gasteiger partial charge in [0.2, 0.25) is 0 Å². The fourth-order valence-corrected chi connectivity index (χ4v) is 5.08. The van der Waals surface area contributed by atoms with Crippen molar-refractivity contribution in [3.05, 3.63) is 54.0 Å². The number of carbonyl (C=O) groups excluding carboxylic acids is 2. The van der Waals surface area contributed by atoms with Gasteiger partial charge < -0.3 is 14.8 Å². The van der Waals surface area contributed by atoms with Crippen LogP contribution in [0.25, 0.3) is 0 Å². The summed E-state index contributed by atoms with van der Waals surface area (Å²) < 4.78 is 21.1. The highest BCUT2D eigenvalue weighted by Crippen LogP contribution is 2.32. The summed E-state index contributed by atoms with van der Waals surface area (Å²) >= 11 is 0. The summed E-state index contributed by atoms with van der Waals surface area (Å²) in [6.07, 6.45) is 4.10. The van der Waals surface area contributed by atoms with Crippen LogP contribution in [0.15, 0.2) is 47.9 Å². The number of anilines is 1. The first-order valence-electron chi connectivity index (χ1n) is 13.4. The third-order valence-electron chi connectivity index (χ3n) is 7.10. The molecule has 0 spiro atoms. The first-order valence-corrected chi connectivity index (χ1v) is 13.4. The van der Waals surface area contributed by atoms with Gasteiger partial charge >= 0.3 is 6.09 Å². The molecule has 0 aliphatic carbocycles. The Morgan fingerprint density at radius 2 is 1.85 bits per heavy atom. The predicted octanol–water partition coefficient (Wildman–Crippen LogP) is 4.24. The molecular formula is C28H37FN6O4. The second-order valence-corrected chi connectivity index (χ2v) is 11.2. The highest BCUT2D eigenvalue weighted by molar-refractivity contribution is 6.00. The molecule has 2 fully saturated rings. The summed E-state index contributed by atoms with van der Waals surface area (Å²) in [5.74, 6) is -0.107. The summed E-state index contributed by atoms with van der Waals surface area (Å²) in [6.45, 7) is 7.62. The summed E-state index contributed by atoms with van der Waals surface area (Å²) in [7, 11) is 0. The molecule has 2 amide bonds. The van der Waals surface area contributed by atoms with Crippen molar-refractivity contribution in [1.82, 2.24) is 19.8 Å². The lowest BCUT2D eigenvalue weighted by Gasteiger charge is -2.40. The Balaban J connectivity index is 1.27. The summed E-state index contributed by atoms with van der Waals surface area (Å²) in [6, 6.07) is 9.04. The van der Waals surface area contributed by atoms with Gasteiger partial charge in [0.25, 0.3) is 5.91 Å². The molecule has 4 heterocycles. The van der Waals surface area contributed by atoms with Crippen molar-refractivity contribution in [3.8, 4) is 0 Å². The molecule has 11 heteroatoms. The molecule has 2 aromatic rings. The van der Waals surface area contributed by atoms with Crippen LogP contribution in [0.2, 0.25) is 0 Å². The molecule has 2 aliphatic heterocycles. The van der Waals surface area contributed by atoms with E-state index in [2.05, 4.69) is 25.3 Å². The monoisotopic (exact) mass is 540 g/mol. The van der Waals surface area contributed by atoms with Gasteiger partial charge in [-0.2, -0.15) is 0 Å². The lowest BCUT2D eigenvalue weighted by molar-refractivity contribution is -0.148. The zero-order valence-electron chi connectivity index (χ0n) is 22.8. The van der Waals surface area contributed by atoms with Crippen molar-refractivity contribution >= 4 is 23.5 Å². The minimum atomic E-state index is -1.89. The van der Waals surface area contributed by atoms with Crippen LogP contribution in [0.4, 0.5) is 15.0 Å². The minimum absolute atomic E-state index is 0.0404. The number of ether oxygens (including phenoxy) is 1. The molecule has 10 nitrogen and oxygen atoms in total. The number of nitrogens with zero attached hydrogens (tertiary/aromatic N) is 5. The van der Waals surface area contributed by atoms with Crippen LogP contribution in [-0.4, -0.2) is 80.1 Å². The number of amides is 2. The molecule has 0 radical (unpaired) electrons. The number of halogens is 1. The van der Waals surface area contributed by atoms with Crippen molar-refractivity contribution in [2.75, 3.05) is 31.5 Å². The predicted molar refractivity (Wildman–Crippen MR) is 144 cm³/mol. The largest absolute Gasteiger partial charge is 0.444 e. The fraction of sp³-hybridized carbons (Fsp3) is 0.536. The molecule has 39 heavy (non-hydrogen) atoms. The van der Waals surface area contributed by atoms with E-state index in [1.807, 2.05) is 12.1 Å². The molecule has 2 saturated heterocycles. The van der Waals surface area contributed by atoms with Crippen LogP contribution in [0, 0.1) is 5.92 Å². The van der Waals surface area contributed by atoms with Crippen LogP contribution < -0.4 is 5.32 Å². The Bertz CT molecular complexity index is 1170. The highest BCUT2D eigenvalue weighted by Gasteiger charge is 2.45. The molecule has 4 rings (SSSR count). The quantitative estimate of drug-likeness (QED) is 0.319. The molecular weight excluding hydrogens is 503 g/mol. The Labute approximate surface area is 228 Å². The van der Waals surface area contributed by atoms with Crippen LogP contribution in [0.3, 0.4) is 0 Å². The number of likely N-dealkylation sites (tertiary alicyclic amines) is 2. The third-order valence-corrected chi connectivity index (χ3v) is 7.10. The zero-order chi connectivity index (χ0) is 28.0. The average molecular weight is 541 g/mol. The Morgan fingerprint density at radius 3 is 2.46 bits per heavy atom. The van der Waals surface area contributed by atoms with Crippen molar-refractivity contribution < 1.29 is 23.9 Å².